The highest BCUT2D eigenvalue weighted by molar-refractivity contribution is 8.02. The molecule has 4 rings (SSSR count). The Kier molecular flexibility index (Phi) is 5.72. The van der Waals surface area contributed by atoms with Gasteiger partial charge in [0.2, 0.25) is 0 Å². The van der Waals surface area contributed by atoms with E-state index < -0.39 is 11.4 Å². The lowest BCUT2D eigenvalue weighted by Crippen LogP contribution is -2.04. The van der Waals surface area contributed by atoms with Crippen molar-refractivity contribution < 1.29 is 8.81 Å². The van der Waals surface area contributed by atoms with Crippen LogP contribution >= 0.6 is 35.1 Å². The van der Waals surface area contributed by atoms with Crippen molar-refractivity contribution in [2.45, 2.75) is 33.4 Å². The molecular formula is C23H16ClFO2S2. The van der Waals surface area contributed by atoms with Gasteiger partial charge < -0.3 is 4.42 Å². The van der Waals surface area contributed by atoms with E-state index in [1.54, 1.807) is 12.1 Å². The van der Waals surface area contributed by atoms with Crippen molar-refractivity contribution >= 4 is 46.1 Å². The van der Waals surface area contributed by atoms with Gasteiger partial charge in [-0.2, -0.15) is 0 Å². The average Bonchev–Trinajstić information content (AvgIpc) is 2.69. The number of aryl methyl sites for hydroxylation is 2. The summed E-state index contributed by atoms with van der Waals surface area (Å²) >= 11 is 8.95. The molecule has 0 aliphatic heterocycles. The number of para-hydroxylation sites is 1. The predicted molar refractivity (Wildman–Crippen MR) is 118 cm³/mol. The molecule has 1 heterocycles. The van der Waals surface area contributed by atoms with Crippen LogP contribution in [-0.4, -0.2) is 0 Å². The summed E-state index contributed by atoms with van der Waals surface area (Å²) in [6.07, 6.45) is 0. The van der Waals surface area contributed by atoms with Gasteiger partial charge >= 0.3 is 5.63 Å². The molecule has 0 amide bonds. The minimum absolute atomic E-state index is 0.300. The second-order valence-electron chi connectivity index (χ2n) is 6.57. The molecule has 0 radical (unpaired) electrons. The second kappa shape index (κ2) is 8.27. The molecule has 0 spiro atoms. The SMILES string of the molecule is Cc1ccc(Sc2c(Sc3ccc(F)cc3Cl)c3ccccc3oc2=O)cc1C. The lowest BCUT2D eigenvalue weighted by atomic mass is 10.1. The maximum Gasteiger partial charge on any atom is 0.351 e. The van der Waals surface area contributed by atoms with E-state index in [1.165, 1.54) is 41.2 Å². The van der Waals surface area contributed by atoms with E-state index in [-0.39, 0.29) is 0 Å². The van der Waals surface area contributed by atoms with Crippen molar-refractivity contribution in [1.82, 2.24) is 0 Å². The average molecular weight is 443 g/mol. The molecular weight excluding hydrogens is 427 g/mol. The van der Waals surface area contributed by atoms with E-state index in [1.807, 2.05) is 50.2 Å². The molecule has 3 aromatic carbocycles. The van der Waals surface area contributed by atoms with Crippen LogP contribution in [-0.2, 0) is 0 Å². The monoisotopic (exact) mass is 442 g/mol. The van der Waals surface area contributed by atoms with Gasteiger partial charge in [-0.1, -0.05) is 59.4 Å². The van der Waals surface area contributed by atoms with Crippen molar-refractivity contribution in [2.75, 3.05) is 0 Å². The van der Waals surface area contributed by atoms with Crippen molar-refractivity contribution in [2.24, 2.45) is 0 Å². The summed E-state index contributed by atoms with van der Waals surface area (Å²) in [6.45, 7) is 4.09. The van der Waals surface area contributed by atoms with Gasteiger partial charge in [0.1, 0.15) is 16.3 Å². The van der Waals surface area contributed by atoms with Gasteiger partial charge in [0, 0.05) is 20.1 Å². The topological polar surface area (TPSA) is 30.2 Å². The first kappa shape index (κ1) is 20.1. The van der Waals surface area contributed by atoms with Crippen LogP contribution in [0.4, 0.5) is 4.39 Å². The Morgan fingerprint density at radius 1 is 0.897 bits per heavy atom. The lowest BCUT2D eigenvalue weighted by molar-refractivity contribution is 0.537. The molecule has 0 saturated heterocycles. The summed E-state index contributed by atoms with van der Waals surface area (Å²) in [7, 11) is 0. The fourth-order valence-electron chi connectivity index (χ4n) is 2.86. The minimum Gasteiger partial charge on any atom is -0.422 e. The molecule has 0 fully saturated rings. The minimum atomic E-state index is -0.410. The zero-order chi connectivity index (χ0) is 20.5. The normalized spacial score (nSPS) is 11.2. The van der Waals surface area contributed by atoms with Crippen LogP contribution in [0.25, 0.3) is 11.0 Å². The smallest absolute Gasteiger partial charge is 0.351 e. The van der Waals surface area contributed by atoms with E-state index in [0.717, 1.165) is 20.7 Å². The van der Waals surface area contributed by atoms with Gasteiger partial charge in [-0.3, -0.25) is 0 Å². The molecule has 0 unspecified atom stereocenters. The number of fused-ring (bicyclic) bond motifs is 1. The third-order valence-corrected chi connectivity index (χ3v) is 7.35. The summed E-state index contributed by atoms with van der Waals surface area (Å²) in [5.41, 5.74) is 2.43. The second-order valence-corrected chi connectivity index (χ2v) is 9.11. The van der Waals surface area contributed by atoms with Crippen molar-refractivity contribution in [3.8, 4) is 0 Å². The van der Waals surface area contributed by atoms with E-state index in [4.69, 9.17) is 16.0 Å². The van der Waals surface area contributed by atoms with Crippen molar-refractivity contribution in [3.63, 3.8) is 0 Å². The zero-order valence-electron chi connectivity index (χ0n) is 15.7. The Morgan fingerprint density at radius 2 is 1.69 bits per heavy atom. The van der Waals surface area contributed by atoms with Gasteiger partial charge in [-0.25, -0.2) is 9.18 Å². The summed E-state index contributed by atoms with van der Waals surface area (Å²) in [5, 5.41) is 1.11. The summed E-state index contributed by atoms with van der Waals surface area (Å²) in [4.78, 5) is 15.7. The van der Waals surface area contributed by atoms with Gasteiger partial charge in [0.25, 0.3) is 0 Å². The lowest BCUT2D eigenvalue weighted by Gasteiger charge is -2.12. The van der Waals surface area contributed by atoms with Gasteiger partial charge in [0.05, 0.1) is 5.02 Å². The number of rotatable bonds is 4. The van der Waals surface area contributed by atoms with Crippen LogP contribution in [0.3, 0.4) is 0 Å². The Labute approximate surface area is 181 Å². The fraction of sp³-hybridized carbons (Fsp3) is 0.0870. The molecule has 4 aromatic rings. The summed E-state index contributed by atoms with van der Waals surface area (Å²) in [5.74, 6) is -0.401. The highest BCUT2D eigenvalue weighted by Crippen LogP contribution is 2.43. The van der Waals surface area contributed by atoms with Crippen LogP contribution in [0.2, 0.25) is 5.02 Å². The third-order valence-electron chi connectivity index (χ3n) is 4.53. The van der Waals surface area contributed by atoms with Crippen LogP contribution < -0.4 is 5.63 Å². The Balaban J connectivity index is 1.88. The first-order valence-corrected chi connectivity index (χ1v) is 10.9. The molecule has 0 bridgehead atoms. The van der Waals surface area contributed by atoms with Crippen LogP contribution in [0.15, 0.2) is 89.5 Å². The Hall–Kier alpha value is -2.21. The standard InChI is InChI=1S/C23H16ClFO2S2/c1-13-7-9-16(11-14(13)2)28-22-21(29-20-10-8-15(25)12-18(20)24)17-5-3-4-6-19(17)27-23(22)26/h3-12H,1-2H3. The molecule has 6 heteroatoms. The molecule has 29 heavy (non-hydrogen) atoms. The number of halogens is 2. The molecule has 0 aliphatic carbocycles. The summed E-state index contributed by atoms with van der Waals surface area (Å²) < 4.78 is 19.0. The highest BCUT2D eigenvalue weighted by Gasteiger charge is 2.18. The molecule has 0 aliphatic rings. The Bertz CT molecular complexity index is 1280. The van der Waals surface area contributed by atoms with Crippen molar-refractivity contribution in [1.29, 1.82) is 0 Å². The number of hydrogen-bond donors (Lipinski definition) is 0. The molecule has 0 atom stereocenters. The van der Waals surface area contributed by atoms with Gasteiger partial charge in [0.15, 0.2) is 0 Å². The van der Waals surface area contributed by atoms with Crippen LogP contribution in [0.5, 0.6) is 0 Å². The van der Waals surface area contributed by atoms with E-state index in [0.29, 0.717) is 20.4 Å². The first-order valence-electron chi connectivity index (χ1n) is 8.86. The zero-order valence-corrected chi connectivity index (χ0v) is 18.1. The molecule has 0 N–H and O–H groups in total. The van der Waals surface area contributed by atoms with Crippen LogP contribution in [0.1, 0.15) is 11.1 Å². The first-order chi connectivity index (χ1) is 13.9. The number of benzene rings is 3. The maximum atomic E-state index is 13.5. The van der Waals surface area contributed by atoms with Crippen molar-refractivity contribution in [3.05, 3.63) is 93.1 Å². The molecule has 2 nitrogen and oxygen atoms in total. The van der Waals surface area contributed by atoms with E-state index in [9.17, 15) is 9.18 Å². The Morgan fingerprint density at radius 3 is 2.45 bits per heavy atom. The van der Waals surface area contributed by atoms with E-state index >= 15 is 0 Å². The third kappa shape index (κ3) is 4.22. The molecule has 0 saturated carbocycles. The quantitative estimate of drug-likeness (QED) is 0.306. The van der Waals surface area contributed by atoms with E-state index in [2.05, 4.69) is 0 Å². The summed E-state index contributed by atoms with van der Waals surface area (Å²) in [6, 6.07) is 17.7. The van der Waals surface area contributed by atoms with Gasteiger partial charge in [-0.15, -0.1) is 0 Å². The van der Waals surface area contributed by atoms with Gasteiger partial charge in [-0.05, 0) is 61.4 Å². The number of hydrogen-bond acceptors (Lipinski definition) is 4. The fourth-order valence-corrected chi connectivity index (χ4v) is 5.29. The highest BCUT2D eigenvalue weighted by atomic mass is 35.5. The molecule has 1 aromatic heterocycles. The largest absolute Gasteiger partial charge is 0.422 e. The molecule has 146 valence electrons. The predicted octanol–water partition coefficient (Wildman–Crippen LogP) is 7.50. The maximum absolute atomic E-state index is 13.5. The van der Waals surface area contributed by atoms with Crippen LogP contribution in [0, 0.1) is 19.7 Å².